The number of aromatic nitrogens is 2. The molecule has 0 unspecified atom stereocenters. The van der Waals surface area contributed by atoms with Gasteiger partial charge in [0.05, 0.1) is 30.7 Å². The number of esters is 2. The molecule has 0 radical (unpaired) electrons. The summed E-state index contributed by atoms with van der Waals surface area (Å²) in [5, 5.41) is 2.00. The molecule has 6 nitrogen and oxygen atoms in total. The quantitative estimate of drug-likeness (QED) is 0.270. The van der Waals surface area contributed by atoms with Gasteiger partial charge in [-0.2, -0.15) is 0 Å². The van der Waals surface area contributed by atoms with Gasteiger partial charge in [-0.05, 0) is 62.1 Å². The first-order chi connectivity index (χ1) is 16.1. The molecule has 2 heterocycles. The Bertz CT molecular complexity index is 1080. The molecule has 0 N–H and O–H groups in total. The van der Waals surface area contributed by atoms with Gasteiger partial charge in [-0.3, -0.25) is 4.57 Å². The van der Waals surface area contributed by atoms with E-state index in [-0.39, 0.29) is 11.9 Å². The number of hydrogen-bond acceptors (Lipinski definition) is 6. The first kappa shape index (κ1) is 24.5. The van der Waals surface area contributed by atoms with Gasteiger partial charge in [-0.15, -0.1) is 11.3 Å². The fourth-order valence-electron chi connectivity index (χ4n) is 3.46. The van der Waals surface area contributed by atoms with E-state index in [2.05, 4.69) is 11.9 Å². The molecule has 0 fully saturated rings. The van der Waals surface area contributed by atoms with Crippen LogP contribution >= 0.6 is 11.3 Å². The van der Waals surface area contributed by atoms with E-state index in [4.69, 9.17) is 9.47 Å². The van der Waals surface area contributed by atoms with Crippen molar-refractivity contribution < 1.29 is 19.1 Å². The monoisotopic (exact) mass is 466 g/mol. The van der Waals surface area contributed by atoms with Crippen molar-refractivity contribution in [1.29, 1.82) is 0 Å². The second-order valence-electron chi connectivity index (χ2n) is 7.45. The van der Waals surface area contributed by atoms with Crippen LogP contribution < -0.4 is 0 Å². The number of rotatable bonds is 11. The Morgan fingerprint density at radius 3 is 2.45 bits per heavy atom. The molecule has 0 aliphatic rings. The molecule has 0 aliphatic heterocycles. The Labute approximate surface area is 198 Å². The Hall–Kier alpha value is -3.19. The van der Waals surface area contributed by atoms with Gasteiger partial charge >= 0.3 is 11.9 Å². The van der Waals surface area contributed by atoms with E-state index in [0.29, 0.717) is 30.8 Å². The zero-order valence-electron chi connectivity index (χ0n) is 19.4. The van der Waals surface area contributed by atoms with Gasteiger partial charge < -0.3 is 9.47 Å². The molecule has 0 bridgehead atoms. The summed E-state index contributed by atoms with van der Waals surface area (Å²) < 4.78 is 12.5. The summed E-state index contributed by atoms with van der Waals surface area (Å²) in [7, 11) is 0. The summed E-state index contributed by atoms with van der Waals surface area (Å²) in [6, 6.07) is 11.2. The second-order valence-corrected chi connectivity index (χ2v) is 8.48. The average Bonchev–Trinajstić information content (AvgIpc) is 3.47. The molecule has 0 amide bonds. The maximum Gasteiger partial charge on any atom is 0.338 e. The molecule has 0 spiro atoms. The van der Waals surface area contributed by atoms with Crippen molar-refractivity contribution >= 4 is 29.4 Å². The number of ether oxygens (including phenoxy) is 2. The van der Waals surface area contributed by atoms with Crippen LogP contribution in [0, 0.1) is 0 Å². The van der Waals surface area contributed by atoms with Crippen molar-refractivity contribution in [3.8, 4) is 5.69 Å². The number of thiophene rings is 1. The van der Waals surface area contributed by atoms with E-state index in [0.717, 1.165) is 41.3 Å². The van der Waals surface area contributed by atoms with Gasteiger partial charge in [-0.25, -0.2) is 14.6 Å². The van der Waals surface area contributed by atoms with Gasteiger partial charge in [0.2, 0.25) is 0 Å². The number of nitrogens with zero attached hydrogens (tertiary/aromatic N) is 2. The highest BCUT2D eigenvalue weighted by Crippen LogP contribution is 2.23. The molecule has 0 saturated carbocycles. The standard InChI is InChI=1S/C26H30N2O4S/c1-4-7-10-24-27-18-22(16-20(26(30)32-6-3)17-23-9-8-15-33-23)28(24)21-13-11-19(12-14-21)25(29)31-5-2/h8-9,11-16,18H,4-7,10,17H2,1-3H3/b20-16+. The highest BCUT2D eigenvalue weighted by Gasteiger charge is 2.17. The maximum absolute atomic E-state index is 12.7. The van der Waals surface area contributed by atoms with Crippen molar-refractivity contribution in [2.24, 2.45) is 0 Å². The molecule has 7 heteroatoms. The zero-order valence-corrected chi connectivity index (χ0v) is 20.2. The van der Waals surface area contributed by atoms with Crippen molar-refractivity contribution in [3.63, 3.8) is 0 Å². The van der Waals surface area contributed by atoms with E-state index in [1.165, 1.54) is 0 Å². The summed E-state index contributed by atoms with van der Waals surface area (Å²) in [5.41, 5.74) is 2.74. The van der Waals surface area contributed by atoms with E-state index in [1.54, 1.807) is 43.5 Å². The third kappa shape index (κ3) is 6.42. The lowest BCUT2D eigenvalue weighted by atomic mass is 10.1. The lowest BCUT2D eigenvalue weighted by molar-refractivity contribution is -0.138. The van der Waals surface area contributed by atoms with Crippen LogP contribution in [0.3, 0.4) is 0 Å². The van der Waals surface area contributed by atoms with Crippen LogP contribution in [-0.4, -0.2) is 34.7 Å². The molecular formula is C26H30N2O4S. The summed E-state index contributed by atoms with van der Waals surface area (Å²) in [6.45, 7) is 6.38. The smallest absolute Gasteiger partial charge is 0.338 e. The summed E-state index contributed by atoms with van der Waals surface area (Å²) >= 11 is 1.61. The highest BCUT2D eigenvalue weighted by atomic mass is 32.1. The van der Waals surface area contributed by atoms with Crippen LogP contribution in [0.15, 0.2) is 53.5 Å². The summed E-state index contributed by atoms with van der Waals surface area (Å²) in [6.07, 6.45) is 7.00. The largest absolute Gasteiger partial charge is 0.463 e. The van der Waals surface area contributed by atoms with Gasteiger partial charge in [0.1, 0.15) is 5.82 Å². The minimum atomic E-state index is -0.346. The van der Waals surface area contributed by atoms with Crippen LogP contribution in [0.4, 0.5) is 0 Å². The van der Waals surface area contributed by atoms with Crippen molar-refractivity contribution in [3.05, 3.63) is 75.5 Å². The first-order valence-corrected chi connectivity index (χ1v) is 12.2. The van der Waals surface area contributed by atoms with Crippen LogP contribution in [0.1, 0.15) is 60.4 Å². The van der Waals surface area contributed by atoms with Crippen molar-refractivity contribution in [2.45, 2.75) is 46.5 Å². The van der Waals surface area contributed by atoms with E-state index >= 15 is 0 Å². The predicted molar refractivity (Wildman–Crippen MR) is 131 cm³/mol. The highest BCUT2D eigenvalue weighted by molar-refractivity contribution is 7.09. The summed E-state index contributed by atoms with van der Waals surface area (Å²) in [5.74, 6) is 0.235. The Morgan fingerprint density at radius 1 is 1.06 bits per heavy atom. The minimum absolute atomic E-state index is 0.316. The van der Waals surface area contributed by atoms with Crippen LogP contribution in [-0.2, 0) is 27.1 Å². The number of aryl methyl sites for hydroxylation is 1. The summed E-state index contributed by atoms with van der Waals surface area (Å²) in [4.78, 5) is 30.5. The third-order valence-electron chi connectivity index (χ3n) is 5.06. The average molecular weight is 467 g/mol. The molecule has 2 aromatic heterocycles. The van der Waals surface area contributed by atoms with Crippen LogP contribution in [0.2, 0.25) is 0 Å². The molecular weight excluding hydrogens is 436 g/mol. The van der Waals surface area contributed by atoms with Crippen molar-refractivity contribution in [2.75, 3.05) is 13.2 Å². The van der Waals surface area contributed by atoms with E-state index < -0.39 is 0 Å². The minimum Gasteiger partial charge on any atom is -0.463 e. The number of unbranched alkanes of at least 4 members (excludes halogenated alkanes) is 1. The fourth-order valence-corrected chi connectivity index (χ4v) is 4.19. The molecule has 3 rings (SSSR count). The molecule has 174 valence electrons. The number of carbonyl (C=O) groups is 2. The van der Waals surface area contributed by atoms with Gasteiger partial charge in [0.15, 0.2) is 0 Å². The molecule has 3 aromatic rings. The third-order valence-corrected chi connectivity index (χ3v) is 5.93. The van der Waals surface area contributed by atoms with Crippen molar-refractivity contribution in [1.82, 2.24) is 9.55 Å². The van der Waals surface area contributed by atoms with Crippen LogP contribution in [0.25, 0.3) is 11.8 Å². The Kier molecular flexibility index (Phi) is 9.01. The lowest BCUT2D eigenvalue weighted by Gasteiger charge is -2.12. The number of carbonyl (C=O) groups excluding carboxylic acids is 2. The fraction of sp³-hybridized carbons (Fsp3) is 0.346. The first-order valence-electron chi connectivity index (χ1n) is 11.3. The van der Waals surface area contributed by atoms with Gasteiger partial charge in [0.25, 0.3) is 0 Å². The number of imidazole rings is 1. The van der Waals surface area contributed by atoms with Gasteiger partial charge in [0, 0.05) is 29.0 Å². The van der Waals surface area contributed by atoms with E-state index in [9.17, 15) is 9.59 Å². The van der Waals surface area contributed by atoms with Gasteiger partial charge in [-0.1, -0.05) is 19.4 Å². The molecule has 0 atom stereocenters. The van der Waals surface area contributed by atoms with Crippen LogP contribution in [0.5, 0.6) is 0 Å². The molecule has 1 aromatic carbocycles. The second kappa shape index (κ2) is 12.2. The predicted octanol–water partition coefficient (Wildman–Crippen LogP) is 5.64. The topological polar surface area (TPSA) is 70.4 Å². The Morgan fingerprint density at radius 2 is 1.82 bits per heavy atom. The number of benzene rings is 1. The number of hydrogen-bond donors (Lipinski definition) is 0. The lowest BCUT2D eigenvalue weighted by Crippen LogP contribution is -2.11. The molecule has 0 saturated heterocycles. The molecule has 0 aliphatic carbocycles. The Balaban J connectivity index is 2.02. The van der Waals surface area contributed by atoms with E-state index in [1.807, 2.05) is 40.3 Å². The molecule has 33 heavy (non-hydrogen) atoms. The normalized spacial score (nSPS) is 11.4. The SMILES string of the molecule is CCCCc1ncc(/C=C(\Cc2cccs2)C(=O)OCC)n1-c1ccc(C(=O)OCC)cc1. The zero-order chi connectivity index (χ0) is 23.6. The maximum atomic E-state index is 12.7.